The highest BCUT2D eigenvalue weighted by Crippen LogP contribution is 2.37. The zero-order valence-electron chi connectivity index (χ0n) is 15.9. The molecule has 3 rings (SSSR count). The van der Waals surface area contributed by atoms with Gasteiger partial charge in [0.2, 0.25) is 5.95 Å². The first-order valence-corrected chi connectivity index (χ1v) is 10.9. The standard InChI is InChI=1S/C18H23F3N6OS2/c19-18(20,21)29-14-5-2-12(3-6-14)16(22)26-15-7-8-24-17(27-15)25-13-4-1-11(9-13)10-28-30-23/h2-3,5-8,11,13,16H,1,4,9-10,22-23H2,(H2,24,25,26,27). The SMILES string of the molecule is NSOCC1CCC(Nc2nccc(NC(N)c3ccc(SC(F)(F)F)cc3)n2)C1. The average Bonchev–Trinajstić information content (AvgIpc) is 3.13. The van der Waals surface area contributed by atoms with Crippen molar-refractivity contribution in [2.24, 2.45) is 16.8 Å². The first kappa shape index (κ1) is 22.9. The van der Waals surface area contributed by atoms with Gasteiger partial charge in [-0.3, -0.25) is 5.14 Å². The molecule has 0 amide bonds. The molecular weight excluding hydrogens is 437 g/mol. The minimum atomic E-state index is -4.32. The molecule has 3 unspecified atom stereocenters. The molecule has 0 aliphatic heterocycles. The third-order valence-electron chi connectivity index (χ3n) is 4.68. The molecule has 3 atom stereocenters. The highest BCUT2D eigenvalue weighted by atomic mass is 32.2. The molecule has 1 saturated carbocycles. The van der Waals surface area contributed by atoms with Crippen LogP contribution in [0.4, 0.5) is 24.9 Å². The van der Waals surface area contributed by atoms with Gasteiger partial charge in [0.15, 0.2) is 0 Å². The van der Waals surface area contributed by atoms with Gasteiger partial charge in [0.1, 0.15) is 12.0 Å². The molecular formula is C18H23F3N6OS2. The maximum absolute atomic E-state index is 12.4. The van der Waals surface area contributed by atoms with E-state index in [0.717, 1.165) is 31.5 Å². The van der Waals surface area contributed by atoms with E-state index < -0.39 is 11.7 Å². The number of aromatic nitrogens is 2. The summed E-state index contributed by atoms with van der Waals surface area (Å²) in [5.41, 5.74) is 2.46. The van der Waals surface area contributed by atoms with E-state index >= 15 is 0 Å². The molecule has 0 radical (unpaired) electrons. The molecule has 6 N–H and O–H groups in total. The lowest BCUT2D eigenvalue weighted by Gasteiger charge is -2.17. The van der Waals surface area contributed by atoms with Gasteiger partial charge in [-0.1, -0.05) is 12.1 Å². The van der Waals surface area contributed by atoms with Crippen LogP contribution < -0.4 is 21.5 Å². The molecule has 7 nitrogen and oxygen atoms in total. The number of thioether (sulfide) groups is 1. The summed E-state index contributed by atoms with van der Waals surface area (Å²) in [6, 6.07) is 7.85. The van der Waals surface area contributed by atoms with Crippen molar-refractivity contribution in [1.29, 1.82) is 0 Å². The Hall–Kier alpha value is -1.73. The molecule has 1 aromatic carbocycles. The van der Waals surface area contributed by atoms with E-state index in [0.29, 0.717) is 29.9 Å². The highest BCUT2D eigenvalue weighted by molar-refractivity contribution is 8.00. The van der Waals surface area contributed by atoms with Crippen molar-refractivity contribution in [1.82, 2.24) is 9.97 Å². The highest BCUT2D eigenvalue weighted by Gasteiger charge is 2.29. The van der Waals surface area contributed by atoms with Gasteiger partial charge in [0.05, 0.1) is 18.8 Å². The topological polar surface area (TPSA) is 111 Å². The minimum absolute atomic E-state index is 0.109. The summed E-state index contributed by atoms with van der Waals surface area (Å²) in [5.74, 6) is 1.46. The van der Waals surface area contributed by atoms with Gasteiger partial charge >= 0.3 is 5.51 Å². The molecule has 0 bridgehead atoms. The van der Waals surface area contributed by atoms with Crippen LogP contribution in [0.5, 0.6) is 0 Å². The summed E-state index contributed by atoms with van der Waals surface area (Å²) < 4.78 is 42.5. The number of anilines is 2. The van der Waals surface area contributed by atoms with Gasteiger partial charge < -0.3 is 20.6 Å². The molecule has 2 aromatic rings. The monoisotopic (exact) mass is 460 g/mol. The lowest BCUT2D eigenvalue weighted by Crippen LogP contribution is -2.22. The third kappa shape index (κ3) is 7.20. The number of rotatable bonds is 9. The maximum atomic E-state index is 12.4. The first-order valence-electron chi connectivity index (χ1n) is 9.28. The van der Waals surface area contributed by atoms with Gasteiger partial charge in [0.25, 0.3) is 0 Å². The smallest absolute Gasteiger partial charge is 0.351 e. The quantitative estimate of drug-likeness (QED) is 0.189. The number of alkyl halides is 3. The second-order valence-corrected chi connectivity index (χ2v) is 8.47. The largest absolute Gasteiger partial charge is 0.446 e. The Bertz CT molecular complexity index is 811. The summed E-state index contributed by atoms with van der Waals surface area (Å²) >= 11 is 0.727. The first-order chi connectivity index (χ1) is 14.3. The summed E-state index contributed by atoms with van der Waals surface area (Å²) in [6.45, 7) is 0.622. The Morgan fingerprint density at radius 2 is 1.97 bits per heavy atom. The van der Waals surface area contributed by atoms with Crippen LogP contribution in [0, 0.1) is 5.92 Å². The normalized spacial score (nSPS) is 20.2. The van der Waals surface area contributed by atoms with Crippen LogP contribution in [0.15, 0.2) is 41.4 Å². The molecule has 1 fully saturated rings. The van der Waals surface area contributed by atoms with Crippen LogP contribution in [0.1, 0.15) is 31.0 Å². The number of nitrogens with two attached hydrogens (primary N) is 2. The molecule has 0 spiro atoms. The molecule has 30 heavy (non-hydrogen) atoms. The van der Waals surface area contributed by atoms with Crippen molar-refractivity contribution in [2.75, 3.05) is 17.2 Å². The zero-order chi connectivity index (χ0) is 21.6. The predicted octanol–water partition coefficient (Wildman–Crippen LogP) is 4.28. The van der Waals surface area contributed by atoms with Crippen molar-refractivity contribution in [3.8, 4) is 0 Å². The number of halogens is 3. The number of hydrogen-bond donors (Lipinski definition) is 4. The van der Waals surface area contributed by atoms with Gasteiger partial charge in [-0.25, -0.2) is 4.98 Å². The van der Waals surface area contributed by atoms with Crippen LogP contribution in [0.3, 0.4) is 0 Å². The van der Waals surface area contributed by atoms with E-state index in [2.05, 4.69) is 20.6 Å². The molecule has 0 saturated heterocycles. The Morgan fingerprint density at radius 3 is 2.67 bits per heavy atom. The number of nitrogens with one attached hydrogen (secondary N) is 2. The Balaban J connectivity index is 1.54. The van der Waals surface area contributed by atoms with E-state index in [9.17, 15) is 13.2 Å². The third-order valence-corrected chi connectivity index (χ3v) is 5.69. The zero-order valence-corrected chi connectivity index (χ0v) is 17.6. The fraction of sp³-hybridized carbons (Fsp3) is 0.444. The minimum Gasteiger partial charge on any atom is -0.351 e. The lowest BCUT2D eigenvalue weighted by atomic mass is 10.1. The average molecular weight is 461 g/mol. The summed E-state index contributed by atoms with van der Waals surface area (Å²) in [4.78, 5) is 8.79. The van der Waals surface area contributed by atoms with E-state index in [-0.39, 0.29) is 22.7 Å². The number of hydrogen-bond acceptors (Lipinski definition) is 9. The van der Waals surface area contributed by atoms with Gasteiger partial charge in [-0.05, 0) is 60.7 Å². The Kier molecular flexibility index (Phi) is 8.06. The number of nitrogens with zero attached hydrogens (tertiary/aromatic N) is 2. The number of benzene rings is 1. The maximum Gasteiger partial charge on any atom is 0.446 e. The summed E-state index contributed by atoms with van der Waals surface area (Å²) in [7, 11) is 0. The second kappa shape index (κ2) is 10.5. The Morgan fingerprint density at radius 1 is 1.20 bits per heavy atom. The molecule has 1 heterocycles. The molecule has 164 valence electrons. The van der Waals surface area contributed by atoms with Gasteiger partial charge in [-0.15, -0.1) is 0 Å². The van der Waals surface area contributed by atoms with Crippen LogP contribution in [0.25, 0.3) is 0 Å². The van der Waals surface area contributed by atoms with Gasteiger partial charge in [-0.2, -0.15) is 18.2 Å². The summed E-state index contributed by atoms with van der Waals surface area (Å²) in [5, 5.41) is 11.7. The molecule has 1 aliphatic rings. The lowest BCUT2D eigenvalue weighted by molar-refractivity contribution is -0.0328. The fourth-order valence-electron chi connectivity index (χ4n) is 3.30. The van der Waals surface area contributed by atoms with Crippen LogP contribution in [-0.4, -0.2) is 28.1 Å². The van der Waals surface area contributed by atoms with Crippen molar-refractivity contribution in [3.63, 3.8) is 0 Å². The molecule has 12 heteroatoms. The van der Waals surface area contributed by atoms with E-state index in [1.807, 2.05) is 0 Å². The van der Waals surface area contributed by atoms with Gasteiger partial charge in [0, 0.05) is 17.1 Å². The van der Waals surface area contributed by atoms with Crippen molar-refractivity contribution in [3.05, 3.63) is 42.1 Å². The Labute approximate surface area is 181 Å². The van der Waals surface area contributed by atoms with E-state index in [1.54, 1.807) is 24.4 Å². The predicted molar refractivity (Wildman–Crippen MR) is 113 cm³/mol. The fourth-order valence-corrected chi connectivity index (χ4v) is 4.11. The second-order valence-electron chi connectivity index (χ2n) is 6.91. The van der Waals surface area contributed by atoms with E-state index in [4.69, 9.17) is 15.1 Å². The van der Waals surface area contributed by atoms with Crippen LogP contribution in [-0.2, 0) is 4.18 Å². The van der Waals surface area contributed by atoms with Crippen molar-refractivity contribution >= 4 is 35.8 Å². The molecule has 1 aromatic heterocycles. The van der Waals surface area contributed by atoms with Crippen LogP contribution in [0.2, 0.25) is 0 Å². The van der Waals surface area contributed by atoms with E-state index in [1.165, 1.54) is 12.1 Å². The molecule has 1 aliphatic carbocycles. The summed E-state index contributed by atoms with van der Waals surface area (Å²) in [6.07, 6.45) is 3.98. The van der Waals surface area contributed by atoms with Crippen molar-refractivity contribution < 1.29 is 17.4 Å². The van der Waals surface area contributed by atoms with Crippen LogP contribution >= 0.6 is 24.0 Å². The van der Waals surface area contributed by atoms with Crippen molar-refractivity contribution in [2.45, 2.75) is 41.9 Å².